The van der Waals surface area contributed by atoms with Gasteiger partial charge in [-0.25, -0.2) is 9.78 Å². The van der Waals surface area contributed by atoms with Gasteiger partial charge < -0.3 is 14.8 Å². The lowest BCUT2D eigenvalue weighted by molar-refractivity contribution is -0.119. The van der Waals surface area contributed by atoms with Crippen molar-refractivity contribution in [1.82, 2.24) is 4.98 Å². The second kappa shape index (κ2) is 8.32. The van der Waals surface area contributed by atoms with Crippen molar-refractivity contribution in [2.24, 2.45) is 0 Å². The van der Waals surface area contributed by atoms with E-state index in [1.165, 1.54) is 18.4 Å². The maximum atomic E-state index is 12.3. The molecule has 2 aromatic heterocycles. The molecule has 0 saturated heterocycles. The molecule has 6 nitrogen and oxygen atoms in total. The Labute approximate surface area is 164 Å². The minimum Gasteiger partial charge on any atom is -0.495 e. The van der Waals surface area contributed by atoms with Crippen LogP contribution in [0, 0.1) is 13.8 Å². The van der Waals surface area contributed by atoms with E-state index in [1.807, 2.05) is 29.8 Å². The van der Waals surface area contributed by atoms with Crippen molar-refractivity contribution >= 4 is 40.2 Å². The van der Waals surface area contributed by atoms with E-state index in [0.717, 1.165) is 16.1 Å². The van der Waals surface area contributed by atoms with Gasteiger partial charge in [0.2, 0.25) is 0 Å². The summed E-state index contributed by atoms with van der Waals surface area (Å²) in [6.45, 7) is 3.27. The number of hydrogen-bond donors (Lipinski definition) is 1. The van der Waals surface area contributed by atoms with Crippen molar-refractivity contribution in [3.05, 3.63) is 51.2 Å². The predicted octanol–water partition coefficient (Wildman–Crippen LogP) is 4.29. The van der Waals surface area contributed by atoms with Crippen LogP contribution in [0.5, 0.6) is 5.75 Å². The Kier molecular flexibility index (Phi) is 5.88. The van der Waals surface area contributed by atoms with Crippen molar-refractivity contribution in [1.29, 1.82) is 0 Å². The number of methoxy groups -OCH3 is 1. The molecule has 2 heterocycles. The number of aromatic nitrogens is 1. The Morgan fingerprint density at radius 1 is 1.22 bits per heavy atom. The predicted molar refractivity (Wildman–Crippen MR) is 107 cm³/mol. The first-order valence-corrected chi connectivity index (χ1v) is 9.85. The molecule has 1 amide bonds. The van der Waals surface area contributed by atoms with Gasteiger partial charge in [-0.05, 0) is 43.0 Å². The summed E-state index contributed by atoms with van der Waals surface area (Å²) in [5.41, 5.74) is 3.07. The number of hydrogen-bond acceptors (Lipinski definition) is 7. The Hall–Kier alpha value is -2.71. The van der Waals surface area contributed by atoms with E-state index in [1.54, 1.807) is 30.4 Å². The van der Waals surface area contributed by atoms with Crippen LogP contribution >= 0.6 is 22.7 Å². The van der Waals surface area contributed by atoms with Crippen LogP contribution in [-0.4, -0.2) is 30.6 Å². The van der Waals surface area contributed by atoms with Crippen LogP contribution in [0.4, 0.5) is 5.69 Å². The number of amides is 1. The van der Waals surface area contributed by atoms with E-state index < -0.39 is 11.9 Å². The average Bonchev–Trinajstić information content (AvgIpc) is 3.29. The molecule has 3 rings (SSSR count). The maximum Gasteiger partial charge on any atom is 0.350 e. The molecule has 27 heavy (non-hydrogen) atoms. The summed E-state index contributed by atoms with van der Waals surface area (Å²) in [6.07, 6.45) is 0. The Balaban J connectivity index is 1.63. The highest BCUT2D eigenvalue weighted by Gasteiger charge is 2.19. The molecule has 140 valence electrons. The van der Waals surface area contributed by atoms with Crippen LogP contribution < -0.4 is 10.1 Å². The normalized spacial score (nSPS) is 10.5. The number of carbonyl (C=O) groups excluding carboxylic acids is 2. The fourth-order valence-electron chi connectivity index (χ4n) is 2.40. The van der Waals surface area contributed by atoms with Crippen molar-refractivity contribution < 1.29 is 19.1 Å². The number of esters is 1. The summed E-state index contributed by atoms with van der Waals surface area (Å²) in [7, 11) is 1.53. The summed E-state index contributed by atoms with van der Waals surface area (Å²) in [6, 6.07) is 7.38. The van der Waals surface area contributed by atoms with Gasteiger partial charge in [-0.1, -0.05) is 6.07 Å². The van der Waals surface area contributed by atoms with Crippen molar-refractivity contribution in [2.45, 2.75) is 13.8 Å². The molecule has 0 aliphatic rings. The van der Waals surface area contributed by atoms with Gasteiger partial charge in [0.05, 0.1) is 18.5 Å². The Morgan fingerprint density at radius 2 is 2.04 bits per heavy atom. The smallest absolute Gasteiger partial charge is 0.350 e. The highest BCUT2D eigenvalue weighted by molar-refractivity contribution is 7.17. The first kappa shape index (κ1) is 19.1. The third-order valence-electron chi connectivity index (χ3n) is 3.71. The molecule has 0 bridgehead atoms. The Morgan fingerprint density at radius 3 is 2.74 bits per heavy atom. The van der Waals surface area contributed by atoms with Gasteiger partial charge in [0.1, 0.15) is 15.6 Å². The van der Waals surface area contributed by atoms with Crippen LogP contribution in [0.1, 0.15) is 20.9 Å². The van der Waals surface area contributed by atoms with Gasteiger partial charge >= 0.3 is 5.97 Å². The highest BCUT2D eigenvalue weighted by Crippen LogP contribution is 2.30. The first-order chi connectivity index (χ1) is 13.0. The topological polar surface area (TPSA) is 77.5 Å². The van der Waals surface area contributed by atoms with E-state index in [9.17, 15) is 9.59 Å². The number of benzene rings is 1. The molecule has 0 aliphatic carbocycles. The minimum atomic E-state index is -0.558. The number of carbonyl (C=O) groups is 2. The lowest BCUT2D eigenvalue weighted by Gasteiger charge is -2.11. The molecule has 8 heteroatoms. The second-order valence-corrected chi connectivity index (χ2v) is 7.55. The molecule has 0 aliphatic heterocycles. The van der Waals surface area contributed by atoms with Crippen LogP contribution in [0.3, 0.4) is 0 Å². The van der Waals surface area contributed by atoms with Crippen molar-refractivity contribution in [3.8, 4) is 16.3 Å². The summed E-state index contributed by atoms with van der Waals surface area (Å²) in [5, 5.41) is 7.38. The molecular weight excluding hydrogens is 384 g/mol. The number of anilines is 1. The number of thiazole rings is 1. The van der Waals surface area contributed by atoms with Gasteiger partial charge in [-0.2, -0.15) is 11.3 Å². The minimum absolute atomic E-state index is 0.388. The average molecular weight is 402 g/mol. The van der Waals surface area contributed by atoms with E-state index in [4.69, 9.17) is 9.47 Å². The van der Waals surface area contributed by atoms with E-state index in [0.29, 0.717) is 22.0 Å². The zero-order valence-electron chi connectivity index (χ0n) is 15.1. The maximum absolute atomic E-state index is 12.3. The van der Waals surface area contributed by atoms with Crippen LogP contribution in [-0.2, 0) is 9.53 Å². The second-order valence-electron chi connectivity index (χ2n) is 5.77. The number of ether oxygens (including phenoxy) is 2. The molecular formula is C19H18N2O4S2. The van der Waals surface area contributed by atoms with Crippen LogP contribution in [0.2, 0.25) is 0 Å². The first-order valence-electron chi connectivity index (χ1n) is 8.09. The number of thiophene rings is 1. The molecule has 1 N–H and O–H groups in total. The van der Waals surface area contributed by atoms with E-state index in [-0.39, 0.29) is 6.61 Å². The summed E-state index contributed by atoms with van der Waals surface area (Å²) in [4.78, 5) is 29.3. The Bertz CT molecular complexity index is 964. The van der Waals surface area contributed by atoms with Crippen LogP contribution in [0.15, 0.2) is 35.0 Å². The van der Waals surface area contributed by atoms with Gasteiger partial charge in [-0.15, -0.1) is 11.3 Å². The molecule has 3 aromatic rings. The molecule has 0 radical (unpaired) electrons. The fourth-order valence-corrected chi connectivity index (χ4v) is 4.07. The summed E-state index contributed by atoms with van der Waals surface area (Å²) >= 11 is 2.82. The monoisotopic (exact) mass is 402 g/mol. The quantitative estimate of drug-likeness (QED) is 0.622. The number of rotatable bonds is 6. The zero-order valence-corrected chi connectivity index (χ0v) is 16.7. The molecule has 0 unspecified atom stereocenters. The number of nitrogens with one attached hydrogen (secondary N) is 1. The fraction of sp³-hybridized carbons (Fsp3) is 0.211. The third kappa shape index (κ3) is 4.53. The lowest BCUT2D eigenvalue weighted by Crippen LogP contribution is -2.21. The molecule has 0 spiro atoms. The van der Waals surface area contributed by atoms with Gasteiger partial charge in [0.15, 0.2) is 6.61 Å². The largest absolute Gasteiger partial charge is 0.495 e. The molecule has 1 aromatic carbocycles. The zero-order chi connectivity index (χ0) is 19.4. The molecule has 0 fully saturated rings. The SMILES string of the molecule is COc1ccc(C)cc1NC(=O)COC(=O)c1sc(-c2ccsc2)nc1C. The standard InChI is InChI=1S/C19H18N2O4S2/c1-11-4-5-15(24-3)14(8-11)21-16(22)9-25-19(23)17-12(2)20-18(27-17)13-6-7-26-10-13/h4-8,10H,9H2,1-3H3,(H,21,22). The van der Waals surface area contributed by atoms with Gasteiger partial charge in [-0.3, -0.25) is 4.79 Å². The van der Waals surface area contributed by atoms with E-state index in [2.05, 4.69) is 10.3 Å². The van der Waals surface area contributed by atoms with Crippen molar-refractivity contribution in [3.63, 3.8) is 0 Å². The highest BCUT2D eigenvalue weighted by atomic mass is 32.1. The lowest BCUT2D eigenvalue weighted by atomic mass is 10.2. The number of aryl methyl sites for hydroxylation is 2. The van der Waals surface area contributed by atoms with Gasteiger partial charge in [0, 0.05) is 10.9 Å². The third-order valence-corrected chi connectivity index (χ3v) is 5.58. The van der Waals surface area contributed by atoms with E-state index >= 15 is 0 Å². The van der Waals surface area contributed by atoms with Crippen molar-refractivity contribution in [2.75, 3.05) is 19.0 Å². The summed E-state index contributed by atoms with van der Waals surface area (Å²) < 4.78 is 10.4. The molecule has 0 saturated carbocycles. The van der Waals surface area contributed by atoms with Crippen LogP contribution in [0.25, 0.3) is 10.6 Å². The molecule has 0 atom stereocenters. The summed E-state index contributed by atoms with van der Waals surface area (Å²) in [5.74, 6) is -0.454. The van der Waals surface area contributed by atoms with Gasteiger partial charge in [0.25, 0.3) is 5.91 Å². The number of nitrogens with zero attached hydrogens (tertiary/aromatic N) is 1.